The Labute approximate surface area is 218 Å². The zero-order chi connectivity index (χ0) is 28.4. The fourth-order valence-electron chi connectivity index (χ4n) is 3.93. The lowest BCUT2D eigenvalue weighted by molar-refractivity contribution is 0.0677. The molecule has 0 bridgehead atoms. The Morgan fingerprint density at radius 1 is 0.436 bits per heavy atom. The summed E-state index contributed by atoms with van der Waals surface area (Å²) in [4.78, 5) is 62.6. The van der Waals surface area contributed by atoms with Crippen LogP contribution in [0, 0.1) is 0 Å². The van der Waals surface area contributed by atoms with Gasteiger partial charge in [0, 0.05) is 11.1 Å². The molecule has 4 rings (SSSR count). The average molecular weight is 527 g/mol. The molecule has 0 saturated carbocycles. The van der Waals surface area contributed by atoms with Gasteiger partial charge in [-0.1, -0.05) is 24.3 Å². The van der Waals surface area contributed by atoms with Gasteiger partial charge >= 0.3 is 29.8 Å². The lowest BCUT2D eigenvalue weighted by Gasteiger charge is -2.14. The van der Waals surface area contributed by atoms with Crippen molar-refractivity contribution in [2.24, 2.45) is 0 Å². The molecule has 0 atom stereocenters. The van der Waals surface area contributed by atoms with Crippen molar-refractivity contribution in [1.82, 2.24) is 4.98 Å². The average Bonchev–Trinajstić information content (AvgIpc) is 2.91. The van der Waals surface area contributed by atoms with Gasteiger partial charge in [-0.25, -0.2) is 29.0 Å². The third kappa shape index (κ3) is 5.32. The monoisotopic (exact) mass is 527 g/mol. The molecule has 3 aromatic carbocycles. The molecule has 0 fully saturated rings. The quantitative estimate of drug-likeness (QED) is 0.215. The van der Waals surface area contributed by atoms with Crippen LogP contribution in [0.2, 0.25) is 0 Å². The topological polar surface area (TPSA) is 199 Å². The minimum absolute atomic E-state index is 0.0168. The van der Waals surface area contributed by atoms with Crippen LogP contribution in [0.3, 0.4) is 0 Å². The molecule has 5 N–H and O–H groups in total. The Kier molecular flexibility index (Phi) is 6.90. The number of aromatic carboxylic acids is 5. The van der Waals surface area contributed by atoms with Crippen molar-refractivity contribution >= 4 is 29.8 Å². The fraction of sp³-hybridized carbons (Fsp3) is 0. The van der Waals surface area contributed by atoms with E-state index in [9.17, 15) is 49.5 Å². The van der Waals surface area contributed by atoms with E-state index >= 15 is 0 Å². The molecule has 0 spiro atoms. The third-order valence-corrected chi connectivity index (χ3v) is 5.84. The highest BCUT2D eigenvalue weighted by atomic mass is 16.4. The van der Waals surface area contributed by atoms with Crippen molar-refractivity contribution in [2.75, 3.05) is 0 Å². The Hall–Kier alpha value is -5.84. The minimum Gasteiger partial charge on any atom is -0.478 e. The molecular weight excluding hydrogens is 510 g/mol. The molecule has 1 heterocycles. The van der Waals surface area contributed by atoms with Gasteiger partial charge in [-0.15, -0.1) is 0 Å². The van der Waals surface area contributed by atoms with Gasteiger partial charge < -0.3 is 25.5 Å². The van der Waals surface area contributed by atoms with Crippen LogP contribution in [0.5, 0.6) is 0 Å². The number of aromatic nitrogens is 1. The van der Waals surface area contributed by atoms with Crippen molar-refractivity contribution in [1.29, 1.82) is 0 Å². The number of hydrogen-bond donors (Lipinski definition) is 5. The van der Waals surface area contributed by atoms with Crippen LogP contribution in [0.15, 0.2) is 72.8 Å². The maximum atomic E-state index is 12.0. The van der Waals surface area contributed by atoms with E-state index in [2.05, 4.69) is 4.98 Å². The molecule has 0 saturated heterocycles. The lowest BCUT2D eigenvalue weighted by atomic mass is 9.94. The normalized spacial score (nSPS) is 10.6. The zero-order valence-electron chi connectivity index (χ0n) is 19.7. The first kappa shape index (κ1) is 26.2. The van der Waals surface area contributed by atoms with Gasteiger partial charge in [-0.05, 0) is 59.7 Å². The molecule has 0 aliphatic carbocycles. The molecule has 0 unspecified atom stereocenters. The van der Waals surface area contributed by atoms with Crippen molar-refractivity contribution < 1.29 is 49.5 Å². The molecule has 39 heavy (non-hydrogen) atoms. The molecule has 0 aliphatic heterocycles. The molecule has 0 radical (unpaired) electrons. The predicted molar refractivity (Wildman–Crippen MR) is 135 cm³/mol. The van der Waals surface area contributed by atoms with E-state index in [-0.39, 0.29) is 50.3 Å². The second-order valence-corrected chi connectivity index (χ2v) is 8.25. The number of pyridine rings is 1. The summed E-state index contributed by atoms with van der Waals surface area (Å²) in [5, 5.41) is 47.4. The highest BCUT2D eigenvalue weighted by Crippen LogP contribution is 2.34. The summed E-state index contributed by atoms with van der Waals surface area (Å²) in [5.74, 6) is -6.68. The predicted octanol–water partition coefficient (Wildman–Crippen LogP) is 4.57. The molecule has 0 amide bonds. The lowest BCUT2D eigenvalue weighted by Crippen LogP contribution is -2.07. The molecular formula is C28H17NO10. The van der Waals surface area contributed by atoms with E-state index in [4.69, 9.17) is 0 Å². The number of carboxylic acids is 5. The number of rotatable bonds is 8. The van der Waals surface area contributed by atoms with Crippen LogP contribution in [0.1, 0.15) is 51.8 Å². The van der Waals surface area contributed by atoms with Crippen LogP contribution in [-0.4, -0.2) is 60.4 Å². The number of benzene rings is 3. The standard InChI is InChI=1S/C28H17NO10/c30-24(31)14-3-1-13(2-4-14)17-11-22(18-7-5-15(25(32)33)9-20(18)27(36)37)29-23(12-17)19-8-6-16(26(34)35)10-21(19)28(38)39/h1-12H,(H,30,31)(H,32,33)(H,34,35)(H,36,37)(H,38,39). The molecule has 0 aliphatic rings. The summed E-state index contributed by atoms with van der Waals surface area (Å²) in [5.41, 5.74) is -0.180. The summed E-state index contributed by atoms with van der Waals surface area (Å²) in [6.45, 7) is 0. The van der Waals surface area contributed by atoms with Gasteiger partial charge in [0.1, 0.15) is 0 Å². The van der Waals surface area contributed by atoms with Crippen LogP contribution < -0.4 is 0 Å². The Morgan fingerprint density at radius 2 is 0.821 bits per heavy atom. The highest BCUT2D eigenvalue weighted by molar-refractivity contribution is 6.01. The summed E-state index contributed by atoms with van der Waals surface area (Å²) >= 11 is 0. The highest BCUT2D eigenvalue weighted by Gasteiger charge is 2.21. The van der Waals surface area contributed by atoms with Crippen LogP contribution >= 0.6 is 0 Å². The van der Waals surface area contributed by atoms with Gasteiger partial charge in [-0.2, -0.15) is 0 Å². The first-order valence-corrected chi connectivity index (χ1v) is 11.0. The molecule has 11 heteroatoms. The second kappa shape index (κ2) is 10.3. The largest absolute Gasteiger partial charge is 0.478 e. The maximum Gasteiger partial charge on any atom is 0.336 e. The number of carboxylic acid groups (broad SMARTS) is 5. The summed E-state index contributed by atoms with van der Waals surface area (Å²) in [6, 6.07) is 15.6. The van der Waals surface area contributed by atoms with Gasteiger partial charge in [-0.3, -0.25) is 0 Å². The Morgan fingerprint density at radius 3 is 1.18 bits per heavy atom. The summed E-state index contributed by atoms with van der Waals surface area (Å²) < 4.78 is 0. The number of carbonyl (C=O) groups is 5. The van der Waals surface area contributed by atoms with E-state index in [0.717, 1.165) is 12.1 Å². The van der Waals surface area contributed by atoms with Gasteiger partial charge in [0.2, 0.25) is 0 Å². The summed E-state index contributed by atoms with van der Waals surface area (Å²) in [7, 11) is 0. The van der Waals surface area contributed by atoms with E-state index in [1.54, 1.807) is 0 Å². The molecule has 1 aromatic heterocycles. The SMILES string of the molecule is O=C(O)c1ccc(-c2cc(-c3ccc(C(=O)O)cc3C(=O)O)nc(-c3ccc(C(=O)O)cc3C(=O)O)c2)cc1. The Balaban J connectivity index is 2.02. The van der Waals surface area contributed by atoms with Crippen LogP contribution in [0.4, 0.5) is 0 Å². The fourth-order valence-corrected chi connectivity index (χ4v) is 3.93. The van der Waals surface area contributed by atoms with Crippen LogP contribution in [0.25, 0.3) is 33.6 Å². The van der Waals surface area contributed by atoms with E-state index in [1.807, 2.05) is 0 Å². The van der Waals surface area contributed by atoms with Gasteiger partial charge in [0.05, 0.1) is 39.2 Å². The summed E-state index contributed by atoms with van der Waals surface area (Å²) in [6.07, 6.45) is 0. The maximum absolute atomic E-state index is 12.0. The van der Waals surface area contributed by atoms with Gasteiger partial charge in [0.25, 0.3) is 0 Å². The van der Waals surface area contributed by atoms with E-state index in [0.29, 0.717) is 11.1 Å². The van der Waals surface area contributed by atoms with Crippen molar-refractivity contribution in [3.05, 3.63) is 101 Å². The van der Waals surface area contributed by atoms with Crippen molar-refractivity contribution in [3.63, 3.8) is 0 Å². The first-order chi connectivity index (χ1) is 18.5. The molecule has 194 valence electrons. The number of hydrogen-bond acceptors (Lipinski definition) is 6. The molecule has 4 aromatic rings. The van der Waals surface area contributed by atoms with Gasteiger partial charge in [0.15, 0.2) is 0 Å². The first-order valence-electron chi connectivity index (χ1n) is 11.0. The van der Waals surface area contributed by atoms with Crippen molar-refractivity contribution in [3.8, 4) is 33.6 Å². The van der Waals surface area contributed by atoms with Crippen LogP contribution in [-0.2, 0) is 0 Å². The van der Waals surface area contributed by atoms with E-state index < -0.39 is 29.8 Å². The second-order valence-electron chi connectivity index (χ2n) is 8.25. The zero-order valence-corrected chi connectivity index (χ0v) is 19.7. The smallest absolute Gasteiger partial charge is 0.336 e. The van der Waals surface area contributed by atoms with Crippen molar-refractivity contribution in [2.45, 2.75) is 0 Å². The molecule has 11 nitrogen and oxygen atoms in total. The minimum atomic E-state index is -1.43. The van der Waals surface area contributed by atoms with E-state index in [1.165, 1.54) is 60.7 Å². The number of nitrogens with zero attached hydrogens (tertiary/aromatic N) is 1. The third-order valence-electron chi connectivity index (χ3n) is 5.84. The Bertz CT molecular complexity index is 1600.